The van der Waals surface area contributed by atoms with E-state index in [0.29, 0.717) is 19.6 Å². The zero-order chi connectivity index (χ0) is 13.9. The van der Waals surface area contributed by atoms with E-state index in [-0.39, 0.29) is 10.8 Å². The summed E-state index contributed by atoms with van der Waals surface area (Å²) in [7, 11) is 0. The standard InChI is InChI=1S/C15H24O4/c1-13(2)7-10-6-11(16)12(17)8-14(10,3)15(9-13)18-4-5-19-15/h6,11-12,16-17H,4-5,7-9H2,1-3H3/t11?,12?,14-/m0/s1. The largest absolute Gasteiger partial charge is 0.390 e. The molecule has 2 aliphatic carbocycles. The molecule has 2 fully saturated rings. The van der Waals surface area contributed by atoms with Crippen molar-refractivity contribution in [3.05, 3.63) is 11.6 Å². The maximum atomic E-state index is 10.0. The maximum absolute atomic E-state index is 10.0. The highest BCUT2D eigenvalue weighted by Gasteiger charge is 2.62. The van der Waals surface area contributed by atoms with Crippen LogP contribution in [-0.4, -0.2) is 41.4 Å². The molecule has 0 aromatic carbocycles. The molecular weight excluding hydrogens is 244 g/mol. The van der Waals surface area contributed by atoms with E-state index in [0.717, 1.165) is 12.8 Å². The fourth-order valence-electron chi connectivity index (χ4n) is 4.10. The number of ether oxygens (including phenoxy) is 2. The summed E-state index contributed by atoms with van der Waals surface area (Å²) in [5, 5.41) is 20.0. The Labute approximate surface area is 114 Å². The van der Waals surface area contributed by atoms with Gasteiger partial charge in [0.25, 0.3) is 0 Å². The highest BCUT2D eigenvalue weighted by molar-refractivity contribution is 5.29. The van der Waals surface area contributed by atoms with Gasteiger partial charge >= 0.3 is 0 Å². The molecule has 2 unspecified atom stereocenters. The van der Waals surface area contributed by atoms with Crippen molar-refractivity contribution in [3.8, 4) is 0 Å². The first kappa shape index (κ1) is 13.6. The van der Waals surface area contributed by atoms with Gasteiger partial charge in [0.15, 0.2) is 5.79 Å². The first-order valence-electron chi connectivity index (χ1n) is 7.13. The van der Waals surface area contributed by atoms with Gasteiger partial charge in [-0.1, -0.05) is 32.4 Å². The van der Waals surface area contributed by atoms with Gasteiger partial charge < -0.3 is 19.7 Å². The molecule has 4 heteroatoms. The molecule has 3 atom stereocenters. The van der Waals surface area contributed by atoms with Gasteiger partial charge in [-0.3, -0.25) is 0 Å². The van der Waals surface area contributed by atoms with E-state index in [4.69, 9.17) is 9.47 Å². The lowest BCUT2D eigenvalue weighted by molar-refractivity contribution is -0.261. The summed E-state index contributed by atoms with van der Waals surface area (Å²) < 4.78 is 12.0. The van der Waals surface area contributed by atoms with E-state index in [1.54, 1.807) is 0 Å². The van der Waals surface area contributed by atoms with Crippen molar-refractivity contribution in [3.63, 3.8) is 0 Å². The molecular formula is C15H24O4. The molecule has 3 aliphatic rings. The molecule has 0 bridgehead atoms. The monoisotopic (exact) mass is 268 g/mol. The van der Waals surface area contributed by atoms with Crippen LogP contribution in [-0.2, 0) is 9.47 Å². The van der Waals surface area contributed by atoms with Crippen LogP contribution in [0.4, 0.5) is 0 Å². The molecule has 3 rings (SSSR count). The fourth-order valence-corrected chi connectivity index (χ4v) is 4.10. The number of aliphatic hydroxyl groups excluding tert-OH is 2. The van der Waals surface area contributed by atoms with E-state index in [2.05, 4.69) is 20.8 Å². The minimum absolute atomic E-state index is 0.0810. The molecule has 19 heavy (non-hydrogen) atoms. The molecule has 4 nitrogen and oxygen atoms in total. The number of aliphatic hydroxyl groups is 2. The van der Waals surface area contributed by atoms with Crippen molar-refractivity contribution < 1.29 is 19.7 Å². The van der Waals surface area contributed by atoms with Gasteiger partial charge in [0.05, 0.1) is 25.4 Å². The lowest BCUT2D eigenvalue weighted by atomic mass is 9.55. The maximum Gasteiger partial charge on any atom is 0.178 e. The van der Waals surface area contributed by atoms with Crippen LogP contribution in [0, 0.1) is 10.8 Å². The van der Waals surface area contributed by atoms with Crippen LogP contribution in [0.2, 0.25) is 0 Å². The summed E-state index contributed by atoms with van der Waals surface area (Å²) in [5.74, 6) is -0.637. The summed E-state index contributed by atoms with van der Waals surface area (Å²) in [6.07, 6.45) is 2.56. The molecule has 2 N–H and O–H groups in total. The van der Waals surface area contributed by atoms with Crippen LogP contribution in [0.3, 0.4) is 0 Å². The molecule has 1 spiro atoms. The second-order valence-electron chi connectivity index (χ2n) is 7.25. The Hall–Kier alpha value is -0.420. The second kappa shape index (κ2) is 4.04. The SMILES string of the molecule is CC1(C)CC2=CC(O)C(O)C[C@]2(C)C2(C1)OCCO2. The molecule has 1 saturated carbocycles. The van der Waals surface area contributed by atoms with Crippen molar-refractivity contribution in [1.82, 2.24) is 0 Å². The Morgan fingerprint density at radius 2 is 1.79 bits per heavy atom. The lowest BCUT2D eigenvalue weighted by Crippen LogP contribution is -2.58. The number of hydrogen-bond acceptors (Lipinski definition) is 4. The average molecular weight is 268 g/mol. The predicted molar refractivity (Wildman–Crippen MR) is 70.5 cm³/mol. The van der Waals surface area contributed by atoms with Gasteiger partial charge in [0.2, 0.25) is 0 Å². The van der Waals surface area contributed by atoms with Crippen LogP contribution in [0.5, 0.6) is 0 Å². The number of rotatable bonds is 0. The van der Waals surface area contributed by atoms with Crippen LogP contribution in [0.15, 0.2) is 11.6 Å². The summed E-state index contributed by atoms with van der Waals surface area (Å²) in [6.45, 7) is 7.74. The quantitative estimate of drug-likeness (QED) is 0.655. The Bertz CT molecular complexity index is 408. The zero-order valence-corrected chi connectivity index (χ0v) is 12.0. The highest BCUT2D eigenvalue weighted by atomic mass is 16.7. The van der Waals surface area contributed by atoms with E-state index in [1.165, 1.54) is 5.57 Å². The van der Waals surface area contributed by atoms with Crippen LogP contribution >= 0.6 is 0 Å². The lowest BCUT2D eigenvalue weighted by Gasteiger charge is -2.56. The van der Waals surface area contributed by atoms with Crippen molar-refractivity contribution in [1.29, 1.82) is 0 Å². The van der Waals surface area contributed by atoms with Crippen LogP contribution < -0.4 is 0 Å². The fraction of sp³-hybridized carbons (Fsp3) is 0.867. The molecule has 0 aromatic heterocycles. The van der Waals surface area contributed by atoms with Gasteiger partial charge in [-0.15, -0.1) is 0 Å². The Balaban J connectivity index is 2.08. The Morgan fingerprint density at radius 3 is 2.42 bits per heavy atom. The smallest absolute Gasteiger partial charge is 0.178 e. The average Bonchev–Trinajstić information content (AvgIpc) is 2.73. The Morgan fingerprint density at radius 1 is 1.16 bits per heavy atom. The van der Waals surface area contributed by atoms with Crippen LogP contribution in [0.25, 0.3) is 0 Å². The number of fused-ring (bicyclic) bond motifs is 2. The van der Waals surface area contributed by atoms with E-state index >= 15 is 0 Å². The first-order valence-corrected chi connectivity index (χ1v) is 7.13. The van der Waals surface area contributed by atoms with Gasteiger partial charge in [-0.05, 0) is 18.3 Å². The second-order valence-corrected chi connectivity index (χ2v) is 7.25. The minimum Gasteiger partial charge on any atom is -0.390 e. The van der Waals surface area contributed by atoms with Gasteiger partial charge in [0, 0.05) is 11.8 Å². The van der Waals surface area contributed by atoms with Gasteiger partial charge in [-0.25, -0.2) is 0 Å². The molecule has 1 heterocycles. The van der Waals surface area contributed by atoms with Crippen LogP contribution in [0.1, 0.15) is 40.0 Å². The van der Waals surface area contributed by atoms with E-state index in [9.17, 15) is 10.2 Å². The van der Waals surface area contributed by atoms with Gasteiger partial charge in [0.1, 0.15) is 0 Å². The normalized spacial score (nSPS) is 43.9. The van der Waals surface area contributed by atoms with Crippen molar-refractivity contribution in [2.24, 2.45) is 10.8 Å². The zero-order valence-electron chi connectivity index (χ0n) is 12.0. The van der Waals surface area contributed by atoms with Crippen molar-refractivity contribution in [2.75, 3.05) is 13.2 Å². The molecule has 0 amide bonds. The number of hydrogen-bond donors (Lipinski definition) is 2. The van der Waals surface area contributed by atoms with E-state index < -0.39 is 18.0 Å². The third kappa shape index (κ3) is 1.88. The summed E-state index contributed by atoms with van der Waals surface area (Å²) >= 11 is 0. The predicted octanol–water partition coefficient (Wildman–Crippen LogP) is 1.61. The minimum atomic E-state index is -0.768. The Kier molecular flexibility index (Phi) is 2.88. The third-order valence-electron chi connectivity index (χ3n) is 5.07. The molecule has 1 saturated heterocycles. The summed E-state index contributed by atoms with van der Waals surface area (Å²) in [5.41, 5.74) is 0.915. The molecule has 1 aliphatic heterocycles. The van der Waals surface area contributed by atoms with Gasteiger partial charge in [-0.2, -0.15) is 0 Å². The summed E-state index contributed by atoms with van der Waals surface area (Å²) in [6, 6.07) is 0. The molecule has 0 radical (unpaired) electrons. The topological polar surface area (TPSA) is 58.9 Å². The summed E-state index contributed by atoms with van der Waals surface area (Å²) in [4.78, 5) is 0. The first-order chi connectivity index (χ1) is 8.78. The third-order valence-corrected chi connectivity index (χ3v) is 5.07. The van der Waals surface area contributed by atoms with Crippen molar-refractivity contribution in [2.45, 2.75) is 58.0 Å². The highest BCUT2D eigenvalue weighted by Crippen LogP contribution is 2.60. The van der Waals surface area contributed by atoms with E-state index in [1.807, 2.05) is 6.08 Å². The van der Waals surface area contributed by atoms with Crippen molar-refractivity contribution >= 4 is 0 Å². The molecule has 108 valence electrons. The molecule has 0 aromatic rings.